The first-order valence-corrected chi connectivity index (χ1v) is 9.25. The van der Waals surface area contributed by atoms with E-state index in [1.54, 1.807) is 17.0 Å². The third kappa shape index (κ3) is 9.60. The van der Waals surface area contributed by atoms with Crippen molar-refractivity contribution < 1.29 is 24.2 Å². The van der Waals surface area contributed by atoms with Gasteiger partial charge in [-0.15, -0.1) is 0 Å². The van der Waals surface area contributed by atoms with Crippen LogP contribution in [0.1, 0.15) is 33.6 Å². The second kappa shape index (κ2) is 11.1. The van der Waals surface area contributed by atoms with E-state index in [-0.39, 0.29) is 25.0 Å². The number of para-hydroxylation sites is 1. The normalized spacial score (nSPS) is 15.5. The fraction of sp³-hybridized carbons (Fsp3) is 0.579. The third-order valence-corrected chi connectivity index (χ3v) is 3.83. The average molecular weight is 401 g/mol. The lowest BCUT2D eigenvalue weighted by Gasteiger charge is -2.29. The van der Waals surface area contributed by atoms with Gasteiger partial charge in [-0.1, -0.05) is 23.7 Å². The molecule has 1 aliphatic heterocycles. The van der Waals surface area contributed by atoms with Crippen molar-refractivity contribution in [3.8, 4) is 5.75 Å². The molecule has 0 aromatic heterocycles. The van der Waals surface area contributed by atoms with Gasteiger partial charge in [0.15, 0.2) is 0 Å². The number of hydrogen-bond acceptors (Lipinski definition) is 6. The Balaban J connectivity index is 0.000000271. The Bertz CT molecular complexity index is 608. The van der Waals surface area contributed by atoms with E-state index in [1.807, 2.05) is 32.9 Å². The van der Waals surface area contributed by atoms with Crippen molar-refractivity contribution in [3.63, 3.8) is 0 Å². The summed E-state index contributed by atoms with van der Waals surface area (Å²) in [6.07, 6.45) is -0.0420. The molecule has 152 valence electrons. The van der Waals surface area contributed by atoms with Gasteiger partial charge in [-0.25, -0.2) is 4.79 Å². The van der Waals surface area contributed by atoms with Crippen molar-refractivity contribution in [3.05, 3.63) is 29.3 Å². The van der Waals surface area contributed by atoms with E-state index in [0.717, 1.165) is 0 Å². The largest absolute Gasteiger partial charge is 0.489 e. The lowest BCUT2D eigenvalue weighted by molar-refractivity contribution is -0.121. The molecular weight excluding hydrogens is 372 g/mol. The Morgan fingerprint density at radius 1 is 1.30 bits per heavy atom. The number of piperidine rings is 1. The van der Waals surface area contributed by atoms with Crippen molar-refractivity contribution in [2.24, 2.45) is 5.73 Å². The van der Waals surface area contributed by atoms with Gasteiger partial charge in [0.25, 0.3) is 0 Å². The van der Waals surface area contributed by atoms with Gasteiger partial charge in [0.05, 0.1) is 5.02 Å². The first-order valence-electron chi connectivity index (χ1n) is 8.87. The van der Waals surface area contributed by atoms with Gasteiger partial charge in [0.2, 0.25) is 0 Å². The fourth-order valence-corrected chi connectivity index (χ4v) is 2.27. The number of benzene rings is 1. The number of ketones is 1. The SMILES string of the molecule is CC(C)(C)OC(=O)N1CCC(=O)CC1.NC[C@H](O)COc1ccccc1Cl. The van der Waals surface area contributed by atoms with Crippen LogP contribution in [-0.2, 0) is 9.53 Å². The lowest BCUT2D eigenvalue weighted by Crippen LogP contribution is -2.41. The number of rotatable bonds is 4. The Kier molecular flexibility index (Phi) is 9.55. The minimum Gasteiger partial charge on any atom is -0.489 e. The van der Waals surface area contributed by atoms with E-state index in [0.29, 0.717) is 36.7 Å². The lowest BCUT2D eigenvalue weighted by atomic mass is 10.1. The maximum atomic E-state index is 11.5. The van der Waals surface area contributed by atoms with Gasteiger partial charge in [0, 0.05) is 32.5 Å². The quantitative estimate of drug-likeness (QED) is 0.805. The molecule has 1 aromatic carbocycles. The van der Waals surface area contributed by atoms with Gasteiger partial charge in [-0.05, 0) is 32.9 Å². The summed E-state index contributed by atoms with van der Waals surface area (Å²) in [5.41, 5.74) is 4.75. The highest BCUT2D eigenvalue weighted by molar-refractivity contribution is 6.32. The van der Waals surface area contributed by atoms with Crippen LogP contribution in [0.2, 0.25) is 5.02 Å². The van der Waals surface area contributed by atoms with Crippen LogP contribution in [0.15, 0.2) is 24.3 Å². The zero-order valence-electron chi connectivity index (χ0n) is 16.1. The van der Waals surface area contributed by atoms with Gasteiger partial charge in [-0.2, -0.15) is 0 Å². The van der Waals surface area contributed by atoms with Crippen molar-refractivity contribution >= 4 is 23.5 Å². The molecule has 1 atom stereocenters. The molecule has 0 radical (unpaired) electrons. The van der Waals surface area contributed by atoms with E-state index < -0.39 is 11.7 Å². The highest BCUT2D eigenvalue weighted by atomic mass is 35.5. The number of ether oxygens (including phenoxy) is 2. The number of hydrogen-bond donors (Lipinski definition) is 2. The van der Waals surface area contributed by atoms with E-state index in [2.05, 4.69) is 0 Å². The first-order chi connectivity index (χ1) is 12.6. The standard InChI is InChI=1S/C10H17NO3.C9H12ClNO2/c1-10(2,3)14-9(13)11-6-4-8(12)5-7-11;10-8-3-1-2-4-9(8)13-6-7(12)5-11/h4-7H2,1-3H3;1-4,7,12H,5-6,11H2/t;7-/m.0/s1. The molecule has 7 nitrogen and oxygen atoms in total. The van der Waals surface area contributed by atoms with Crippen molar-refractivity contribution in [2.45, 2.75) is 45.3 Å². The Hall–Kier alpha value is -1.83. The zero-order valence-corrected chi connectivity index (χ0v) is 16.9. The summed E-state index contributed by atoms with van der Waals surface area (Å²) in [5.74, 6) is 0.793. The molecule has 0 bridgehead atoms. The molecule has 27 heavy (non-hydrogen) atoms. The van der Waals surface area contributed by atoms with Crippen LogP contribution in [0.25, 0.3) is 0 Å². The van der Waals surface area contributed by atoms with Gasteiger partial charge < -0.3 is 25.2 Å². The number of aliphatic hydroxyl groups is 1. The summed E-state index contributed by atoms with van der Waals surface area (Å²) in [4.78, 5) is 24.0. The molecule has 0 aliphatic carbocycles. The topological polar surface area (TPSA) is 102 Å². The fourth-order valence-electron chi connectivity index (χ4n) is 2.08. The Morgan fingerprint density at radius 3 is 2.41 bits per heavy atom. The molecule has 1 amide bonds. The zero-order chi connectivity index (χ0) is 20.4. The maximum Gasteiger partial charge on any atom is 0.410 e. The average Bonchev–Trinajstić information content (AvgIpc) is 2.60. The molecule has 1 aromatic rings. The van der Waals surface area contributed by atoms with Crippen molar-refractivity contribution in [2.75, 3.05) is 26.2 Å². The van der Waals surface area contributed by atoms with E-state index in [9.17, 15) is 9.59 Å². The minimum atomic E-state index is -0.642. The molecule has 2 rings (SSSR count). The molecule has 1 heterocycles. The van der Waals surface area contributed by atoms with Crippen LogP contribution in [0.5, 0.6) is 5.75 Å². The van der Waals surface area contributed by atoms with E-state index in [1.165, 1.54) is 0 Å². The minimum absolute atomic E-state index is 0.167. The van der Waals surface area contributed by atoms with Crippen LogP contribution in [0.4, 0.5) is 4.79 Å². The second-order valence-corrected chi connectivity index (χ2v) is 7.54. The summed E-state index contributed by atoms with van der Waals surface area (Å²) >= 11 is 5.81. The molecule has 1 aliphatic rings. The summed E-state index contributed by atoms with van der Waals surface area (Å²) in [6, 6.07) is 7.10. The summed E-state index contributed by atoms with van der Waals surface area (Å²) < 4.78 is 10.4. The van der Waals surface area contributed by atoms with Gasteiger partial charge >= 0.3 is 6.09 Å². The summed E-state index contributed by atoms with van der Waals surface area (Å²) in [6.45, 7) is 6.84. The predicted molar refractivity (Wildman–Crippen MR) is 104 cm³/mol. The number of carbonyl (C=O) groups excluding carboxylic acids is 2. The van der Waals surface area contributed by atoms with Crippen LogP contribution in [0.3, 0.4) is 0 Å². The maximum absolute atomic E-state index is 11.5. The number of halogens is 1. The first kappa shape index (κ1) is 23.2. The molecular formula is C19H29ClN2O5. The monoisotopic (exact) mass is 400 g/mol. The molecule has 3 N–H and O–H groups in total. The van der Waals surface area contributed by atoms with Crippen LogP contribution >= 0.6 is 11.6 Å². The Morgan fingerprint density at radius 2 is 1.89 bits per heavy atom. The van der Waals surface area contributed by atoms with Gasteiger partial charge in [0.1, 0.15) is 29.8 Å². The summed E-state index contributed by atoms with van der Waals surface area (Å²) in [7, 11) is 0. The number of Topliss-reactive ketones (excluding diaryl/α,β-unsaturated/α-hetero) is 1. The Labute approximate surface area is 165 Å². The molecule has 0 spiro atoms. The highest BCUT2D eigenvalue weighted by Crippen LogP contribution is 2.23. The molecule has 1 saturated heterocycles. The number of amides is 1. The number of aliphatic hydroxyl groups excluding tert-OH is 1. The predicted octanol–water partition coefficient (Wildman–Crippen LogP) is 2.62. The van der Waals surface area contributed by atoms with Crippen LogP contribution in [0, 0.1) is 0 Å². The van der Waals surface area contributed by atoms with Crippen molar-refractivity contribution in [1.29, 1.82) is 0 Å². The number of nitrogens with two attached hydrogens (primary N) is 1. The van der Waals surface area contributed by atoms with Gasteiger partial charge in [-0.3, -0.25) is 4.79 Å². The molecule has 0 saturated carbocycles. The molecule has 0 unspecified atom stereocenters. The number of nitrogens with zero attached hydrogens (tertiary/aromatic N) is 1. The smallest absolute Gasteiger partial charge is 0.410 e. The van der Waals surface area contributed by atoms with Crippen LogP contribution in [-0.4, -0.2) is 59.8 Å². The summed E-state index contributed by atoms with van der Waals surface area (Å²) in [5, 5.41) is 9.65. The van der Waals surface area contributed by atoms with E-state index in [4.69, 9.17) is 31.9 Å². The highest BCUT2D eigenvalue weighted by Gasteiger charge is 2.25. The van der Waals surface area contributed by atoms with E-state index >= 15 is 0 Å². The van der Waals surface area contributed by atoms with Crippen LogP contribution < -0.4 is 10.5 Å². The number of likely N-dealkylation sites (tertiary alicyclic amines) is 1. The molecule has 1 fully saturated rings. The van der Waals surface area contributed by atoms with Crippen molar-refractivity contribution in [1.82, 2.24) is 4.90 Å². The number of carbonyl (C=O) groups is 2. The second-order valence-electron chi connectivity index (χ2n) is 7.14. The molecule has 8 heteroatoms. The third-order valence-electron chi connectivity index (χ3n) is 3.51.